The van der Waals surface area contributed by atoms with Gasteiger partial charge in [-0.3, -0.25) is 44.3 Å². The van der Waals surface area contributed by atoms with E-state index >= 15 is 4.39 Å². The van der Waals surface area contributed by atoms with Crippen molar-refractivity contribution in [3.8, 4) is 11.1 Å². The fraction of sp³-hybridized carbons (Fsp3) is 0.333. The van der Waals surface area contributed by atoms with Gasteiger partial charge in [0.1, 0.15) is 11.6 Å². The molecule has 10 rings (SSSR count). The highest BCUT2D eigenvalue weighted by atomic mass is 32.1. The zero-order valence-electron chi connectivity index (χ0n) is 35.0. The molecule has 19 heteroatoms. The summed E-state index contributed by atoms with van der Waals surface area (Å²) in [6, 6.07) is 15.6. The van der Waals surface area contributed by atoms with Gasteiger partial charge in [0.05, 0.1) is 18.6 Å². The highest BCUT2D eigenvalue weighted by molar-refractivity contribution is 7.13. The number of amides is 6. The van der Waals surface area contributed by atoms with Crippen molar-refractivity contribution in [2.45, 2.75) is 37.8 Å². The van der Waals surface area contributed by atoms with Crippen LogP contribution in [0.15, 0.2) is 78.6 Å². The van der Waals surface area contributed by atoms with Crippen LogP contribution in [0.1, 0.15) is 58.5 Å². The van der Waals surface area contributed by atoms with E-state index in [2.05, 4.69) is 52.6 Å². The summed E-state index contributed by atoms with van der Waals surface area (Å²) in [5.74, 6) is -0.507. The van der Waals surface area contributed by atoms with Crippen LogP contribution in [-0.4, -0.2) is 121 Å². The second-order valence-corrected chi connectivity index (χ2v) is 17.5. The van der Waals surface area contributed by atoms with Gasteiger partial charge in [0.25, 0.3) is 11.8 Å². The lowest BCUT2D eigenvalue weighted by atomic mass is 9.89. The molecule has 64 heavy (non-hydrogen) atoms. The summed E-state index contributed by atoms with van der Waals surface area (Å²) in [5.41, 5.74) is 4.85. The Morgan fingerprint density at radius 1 is 0.922 bits per heavy atom. The molecule has 6 aromatic rings. The molecule has 6 amide bonds. The Bertz CT molecular complexity index is 2760. The zero-order chi connectivity index (χ0) is 44.1. The molecule has 3 aromatic heterocycles. The minimum absolute atomic E-state index is 0.0924. The number of hydrogen-bond donors (Lipinski definition) is 3. The van der Waals surface area contributed by atoms with Crippen molar-refractivity contribution < 1.29 is 28.4 Å². The predicted molar refractivity (Wildman–Crippen MR) is 237 cm³/mol. The predicted octanol–water partition coefficient (Wildman–Crippen LogP) is 4.87. The lowest BCUT2D eigenvalue weighted by Gasteiger charge is -2.38. The highest BCUT2D eigenvalue weighted by Crippen LogP contribution is 2.37. The van der Waals surface area contributed by atoms with E-state index < -0.39 is 29.7 Å². The summed E-state index contributed by atoms with van der Waals surface area (Å²) in [7, 11) is 1.86. The van der Waals surface area contributed by atoms with Crippen molar-refractivity contribution in [3.05, 3.63) is 107 Å². The first-order valence-corrected chi connectivity index (χ1v) is 22.2. The Hall–Kier alpha value is -6.99. The number of hydrogen-bond acceptors (Lipinski definition) is 11. The lowest BCUT2D eigenvalue weighted by molar-refractivity contribution is -0.133. The molecule has 0 radical (unpaired) electrons. The van der Waals surface area contributed by atoms with Gasteiger partial charge in [0.15, 0.2) is 17.0 Å². The van der Waals surface area contributed by atoms with Gasteiger partial charge in [-0.05, 0) is 84.9 Å². The molecule has 4 aliphatic heterocycles. The fourth-order valence-electron chi connectivity index (χ4n) is 9.33. The van der Waals surface area contributed by atoms with Crippen LogP contribution in [0.3, 0.4) is 0 Å². The van der Waals surface area contributed by atoms with E-state index in [4.69, 9.17) is 0 Å². The number of rotatable bonds is 10. The highest BCUT2D eigenvalue weighted by Gasteiger charge is 2.41. The summed E-state index contributed by atoms with van der Waals surface area (Å²) in [6.07, 6.45) is 6.72. The number of thiazole rings is 1. The van der Waals surface area contributed by atoms with Crippen LogP contribution in [-0.2, 0) is 28.0 Å². The summed E-state index contributed by atoms with van der Waals surface area (Å²) >= 11 is 1.25. The van der Waals surface area contributed by atoms with E-state index in [1.54, 1.807) is 28.5 Å². The van der Waals surface area contributed by atoms with Gasteiger partial charge in [-0.25, -0.2) is 19.2 Å². The minimum atomic E-state index is -1.12. The number of likely N-dealkylation sites (tertiary alicyclic amines) is 1. The van der Waals surface area contributed by atoms with Gasteiger partial charge in [0.2, 0.25) is 11.8 Å². The van der Waals surface area contributed by atoms with Crippen molar-refractivity contribution >= 4 is 68.5 Å². The molecule has 0 spiro atoms. The molecular formula is C45H45FN12O5S. The number of aromatic amines is 1. The molecule has 0 bridgehead atoms. The maximum atomic E-state index is 15.8. The molecule has 17 nitrogen and oxygen atoms in total. The fourth-order valence-corrected chi connectivity index (χ4v) is 9.86. The minimum Gasteiger partial charge on any atom is -0.368 e. The van der Waals surface area contributed by atoms with Crippen molar-refractivity contribution in [1.82, 2.24) is 44.7 Å². The number of aromatic nitrogens is 5. The van der Waals surface area contributed by atoms with E-state index in [1.165, 1.54) is 39.0 Å². The zero-order valence-corrected chi connectivity index (χ0v) is 35.8. The van der Waals surface area contributed by atoms with Gasteiger partial charge in [-0.2, -0.15) is 5.10 Å². The number of imide groups is 1. The summed E-state index contributed by atoms with van der Waals surface area (Å²) in [4.78, 5) is 85.5. The second kappa shape index (κ2) is 16.9. The Morgan fingerprint density at radius 3 is 2.44 bits per heavy atom. The molecule has 328 valence electrons. The number of imidazole rings is 1. The number of anilines is 3. The van der Waals surface area contributed by atoms with E-state index in [1.807, 2.05) is 42.3 Å². The van der Waals surface area contributed by atoms with E-state index in [9.17, 15) is 24.0 Å². The molecule has 0 saturated carbocycles. The number of H-pyrrole nitrogens is 1. The van der Waals surface area contributed by atoms with Crippen molar-refractivity contribution in [1.29, 1.82) is 0 Å². The van der Waals surface area contributed by atoms with Crippen molar-refractivity contribution in [2.24, 2.45) is 7.05 Å². The smallest absolute Gasteiger partial charge is 0.329 e. The van der Waals surface area contributed by atoms with Crippen LogP contribution in [0.4, 0.5) is 25.8 Å². The molecule has 3 fully saturated rings. The first kappa shape index (κ1) is 41.0. The monoisotopic (exact) mass is 884 g/mol. The lowest BCUT2D eigenvalue weighted by Crippen LogP contribution is -2.51. The Morgan fingerprint density at radius 2 is 1.72 bits per heavy atom. The average molecular weight is 885 g/mol. The molecule has 1 unspecified atom stereocenters. The molecule has 7 heterocycles. The molecule has 3 saturated heterocycles. The third-order valence-electron chi connectivity index (χ3n) is 12.8. The third-order valence-corrected chi connectivity index (χ3v) is 13.5. The molecule has 3 N–H and O–H groups in total. The number of aryl methyl sites for hydroxylation is 1. The van der Waals surface area contributed by atoms with Gasteiger partial charge in [0, 0.05) is 92.4 Å². The number of piperidine rings is 1. The molecule has 0 aliphatic carbocycles. The van der Waals surface area contributed by atoms with Crippen LogP contribution < -0.4 is 20.4 Å². The molecule has 1 atom stereocenters. The van der Waals surface area contributed by atoms with Crippen LogP contribution >= 0.6 is 11.3 Å². The van der Waals surface area contributed by atoms with Crippen LogP contribution in [0.5, 0.6) is 0 Å². The standard InChI is InChI=1S/C45H45FN12O5S/c1-53-36-24-29(4-7-32(36)41(52-53)57-16-10-37(59)50-45(57)63)28-8-14-54(15-9-28)26-38(60)56-19-17-55(18-20-56)31-5-2-27(3-6-31)30-22-33-34(35(46)23-30)25-58(43(33)62)39(40-47-11-12-48-40)42(61)51-44-49-13-21-64-44/h2-7,11-13,21-24,28,39H,8-10,14-20,25-26H2,1H3,(H,47,48)(H,49,51,61)(H,50,59,63). The second-order valence-electron chi connectivity index (χ2n) is 16.6. The van der Waals surface area contributed by atoms with Gasteiger partial charge >= 0.3 is 6.03 Å². The Balaban J connectivity index is 0.723. The number of carbonyl (C=O) groups is 5. The van der Waals surface area contributed by atoms with Crippen molar-refractivity contribution in [3.63, 3.8) is 0 Å². The largest absolute Gasteiger partial charge is 0.368 e. The normalized spacial score (nSPS) is 17.9. The SMILES string of the molecule is Cn1nc(N2CCC(=O)NC2=O)c2ccc(C3CCN(CC(=O)N4CCN(c5ccc(-c6cc(F)c7c(c6)C(=O)N(C(C(=O)Nc6nccs6)c6ncc[nH]6)C7)cc5)CC4)CC3)cc21. The van der Waals surface area contributed by atoms with Crippen LogP contribution in [0.25, 0.3) is 22.0 Å². The van der Waals surface area contributed by atoms with E-state index in [0.29, 0.717) is 61.7 Å². The van der Waals surface area contributed by atoms with E-state index in [-0.39, 0.29) is 41.7 Å². The number of fused-ring (bicyclic) bond motifs is 2. The number of urea groups is 1. The number of halogens is 1. The van der Waals surface area contributed by atoms with Crippen LogP contribution in [0, 0.1) is 5.82 Å². The maximum absolute atomic E-state index is 15.8. The van der Waals surface area contributed by atoms with Crippen LogP contribution in [0.2, 0.25) is 0 Å². The maximum Gasteiger partial charge on any atom is 0.329 e. The number of nitrogens with one attached hydrogen (secondary N) is 3. The van der Waals surface area contributed by atoms with Gasteiger partial charge in [-0.15, -0.1) is 11.3 Å². The molecule has 4 aliphatic rings. The number of piperazine rings is 1. The van der Waals surface area contributed by atoms with E-state index in [0.717, 1.165) is 48.1 Å². The number of nitrogens with zero attached hydrogens (tertiary/aromatic N) is 9. The molecule has 3 aromatic carbocycles. The first-order valence-electron chi connectivity index (χ1n) is 21.3. The summed E-state index contributed by atoms with van der Waals surface area (Å²) in [5, 5.41) is 12.7. The van der Waals surface area contributed by atoms with Gasteiger partial charge < -0.3 is 19.7 Å². The average Bonchev–Trinajstić information content (AvgIpc) is 4.14. The quantitative estimate of drug-likeness (QED) is 0.172. The number of carbonyl (C=O) groups excluding carboxylic acids is 5. The topological polar surface area (TPSA) is 185 Å². The Labute approximate surface area is 370 Å². The summed E-state index contributed by atoms with van der Waals surface area (Å²) in [6.45, 7) is 4.78. The third kappa shape index (κ3) is 7.85. The Kier molecular flexibility index (Phi) is 10.9. The first-order chi connectivity index (χ1) is 31.1. The number of benzene rings is 3. The van der Waals surface area contributed by atoms with Crippen molar-refractivity contribution in [2.75, 3.05) is 67.5 Å². The van der Waals surface area contributed by atoms with Gasteiger partial charge in [-0.1, -0.05) is 18.2 Å². The summed E-state index contributed by atoms with van der Waals surface area (Å²) < 4.78 is 17.5. The molecular weight excluding hydrogens is 840 g/mol.